The molecule has 0 saturated carbocycles. The van der Waals surface area contributed by atoms with E-state index in [1.807, 2.05) is 36.4 Å². The third-order valence-electron chi connectivity index (χ3n) is 6.24. The number of hydrogen-bond donors (Lipinski definition) is 3. The standard InChI is InChI=1S/C26H28N6OS/c1-17-15-21(32-13-11-28-12-14-32)23(20-6-2-3-8-29-20)24(27)19(17)7-10-30-25(33)22-16-18-5-4-9-31-26(18)34-22/h2-6,8-9,15-16,28H,7,10-14,27H2,1H3,(H,30,33). The molecule has 0 bridgehead atoms. The van der Waals surface area contributed by atoms with Crippen molar-refractivity contribution in [3.05, 3.63) is 70.9 Å². The second-order valence-corrected chi connectivity index (χ2v) is 9.48. The van der Waals surface area contributed by atoms with E-state index in [9.17, 15) is 4.79 Å². The summed E-state index contributed by atoms with van der Waals surface area (Å²) in [5, 5.41) is 7.45. The minimum absolute atomic E-state index is 0.0818. The number of thiophene rings is 1. The van der Waals surface area contributed by atoms with Crippen LogP contribution in [0, 0.1) is 6.92 Å². The van der Waals surface area contributed by atoms with E-state index < -0.39 is 0 Å². The third kappa shape index (κ3) is 4.47. The lowest BCUT2D eigenvalue weighted by atomic mass is 9.94. The predicted octanol–water partition coefficient (Wildman–Crippen LogP) is 3.63. The summed E-state index contributed by atoms with van der Waals surface area (Å²) < 4.78 is 0. The summed E-state index contributed by atoms with van der Waals surface area (Å²) in [6.45, 7) is 6.35. The number of amides is 1. The molecular weight excluding hydrogens is 444 g/mol. The quantitative estimate of drug-likeness (QED) is 0.371. The Kier molecular flexibility index (Phi) is 6.42. The summed E-state index contributed by atoms with van der Waals surface area (Å²) in [5.74, 6) is -0.0818. The largest absolute Gasteiger partial charge is 0.398 e. The zero-order chi connectivity index (χ0) is 23.5. The molecule has 1 fully saturated rings. The number of pyridine rings is 2. The van der Waals surface area contributed by atoms with E-state index in [1.165, 1.54) is 11.3 Å². The molecule has 1 aromatic carbocycles. The molecule has 0 spiro atoms. The van der Waals surface area contributed by atoms with Crippen molar-refractivity contribution in [3.63, 3.8) is 0 Å². The summed E-state index contributed by atoms with van der Waals surface area (Å²) in [5.41, 5.74) is 12.7. The zero-order valence-corrected chi connectivity index (χ0v) is 20.0. The SMILES string of the molecule is Cc1cc(N2CCNCC2)c(-c2ccccn2)c(N)c1CCNC(=O)c1cc2cccnc2s1. The van der Waals surface area contributed by atoms with Crippen molar-refractivity contribution in [1.29, 1.82) is 0 Å². The number of aromatic nitrogens is 2. The Bertz CT molecular complexity index is 1280. The van der Waals surface area contributed by atoms with E-state index in [4.69, 9.17) is 5.73 Å². The van der Waals surface area contributed by atoms with E-state index in [0.29, 0.717) is 17.8 Å². The first kappa shape index (κ1) is 22.3. The highest BCUT2D eigenvalue weighted by Gasteiger charge is 2.22. The second-order valence-electron chi connectivity index (χ2n) is 8.45. The van der Waals surface area contributed by atoms with E-state index in [0.717, 1.165) is 70.2 Å². The number of hydrogen-bond acceptors (Lipinski definition) is 7. The van der Waals surface area contributed by atoms with Crippen LogP contribution in [0.25, 0.3) is 21.5 Å². The number of carbonyl (C=O) groups excluding carboxylic acids is 1. The maximum Gasteiger partial charge on any atom is 0.261 e. The van der Waals surface area contributed by atoms with E-state index >= 15 is 0 Å². The van der Waals surface area contributed by atoms with Crippen LogP contribution in [0.3, 0.4) is 0 Å². The number of nitrogen functional groups attached to an aromatic ring is 1. The number of nitrogens with two attached hydrogens (primary N) is 1. The molecule has 8 heteroatoms. The molecule has 0 unspecified atom stereocenters. The highest BCUT2D eigenvalue weighted by Crippen LogP contribution is 2.39. The smallest absolute Gasteiger partial charge is 0.261 e. The molecule has 0 radical (unpaired) electrons. The highest BCUT2D eigenvalue weighted by atomic mass is 32.1. The van der Waals surface area contributed by atoms with Gasteiger partial charge in [-0.15, -0.1) is 11.3 Å². The average molecular weight is 473 g/mol. The van der Waals surface area contributed by atoms with Crippen LogP contribution in [0.15, 0.2) is 54.9 Å². The molecule has 7 nitrogen and oxygen atoms in total. The molecule has 1 aliphatic heterocycles. The lowest BCUT2D eigenvalue weighted by Crippen LogP contribution is -2.43. The van der Waals surface area contributed by atoms with Crippen LogP contribution in [0.5, 0.6) is 0 Å². The summed E-state index contributed by atoms with van der Waals surface area (Å²) in [6.07, 6.45) is 4.19. The van der Waals surface area contributed by atoms with Gasteiger partial charge in [0.2, 0.25) is 0 Å². The van der Waals surface area contributed by atoms with Gasteiger partial charge in [0, 0.05) is 67.4 Å². The molecule has 0 aliphatic carbocycles. The number of anilines is 2. The van der Waals surface area contributed by atoms with E-state index in [2.05, 4.69) is 38.5 Å². The Balaban J connectivity index is 1.39. The molecule has 3 aromatic heterocycles. The van der Waals surface area contributed by atoms with Gasteiger partial charge in [-0.1, -0.05) is 12.1 Å². The van der Waals surface area contributed by atoms with Gasteiger partial charge in [-0.05, 0) is 54.8 Å². The Labute approximate surface area is 203 Å². The minimum Gasteiger partial charge on any atom is -0.398 e. The molecule has 4 N–H and O–H groups in total. The zero-order valence-electron chi connectivity index (χ0n) is 19.2. The number of benzene rings is 1. The Hall–Kier alpha value is -3.49. The molecule has 5 rings (SSSR count). The van der Waals surface area contributed by atoms with Gasteiger partial charge in [0.25, 0.3) is 5.91 Å². The van der Waals surface area contributed by atoms with Crippen molar-refractivity contribution < 1.29 is 4.79 Å². The predicted molar refractivity (Wildman–Crippen MR) is 140 cm³/mol. The van der Waals surface area contributed by atoms with E-state index in [-0.39, 0.29) is 5.91 Å². The number of carbonyl (C=O) groups is 1. The summed E-state index contributed by atoms with van der Waals surface area (Å²) in [4.78, 5) is 25.6. The first-order valence-corrected chi connectivity index (χ1v) is 12.4. The molecule has 4 aromatic rings. The molecule has 0 atom stereocenters. The molecule has 4 heterocycles. The van der Waals surface area contributed by atoms with Crippen molar-refractivity contribution in [2.45, 2.75) is 13.3 Å². The molecule has 174 valence electrons. The lowest BCUT2D eigenvalue weighted by molar-refractivity contribution is 0.0958. The number of piperazine rings is 1. The van der Waals surface area contributed by atoms with Gasteiger partial charge in [-0.3, -0.25) is 9.78 Å². The van der Waals surface area contributed by atoms with Crippen LogP contribution < -0.4 is 21.3 Å². The van der Waals surface area contributed by atoms with Crippen molar-refractivity contribution in [2.24, 2.45) is 0 Å². The van der Waals surface area contributed by atoms with Crippen LogP contribution >= 0.6 is 11.3 Å². The summed E-state index contributed by atoms with van der Waals surface area (Å²) in [6, 6.07) is 13.9. The van der Waals surface area contributed by atoms with Gasteiger partial charge in [-0.2, -0.15) is 0 Å². The number of rotatable bonds is 6. The molecular formula is C26H28N6OS. The normalized spacial score (nSPS) is 13.9. The van der Waals surface area contributed by atoms with Crippen molar-refractivity contribution in [3.8, 4) is 11.3 Å². The van der Waals surface area contributed by atoms with Crippen LogP contribution in [-0.4, -0.2) is 48.6 Å². The van der Waals surface area contributed by atoms with Gasteiger partial charge in [-0.25, -0.2) is 4.98 Å². The Morgan fingerprint density at radius 3 is 2.74 bits per heavy atom. The number of fused-ring (bicyclic) bond motifs is 1. The Morgan fingerprint density at radius 1 is 1.15 bits per heavy atom. The first-order chi connectivity index (χ1) is 16.6. The number of nitrogens with zero attached hydrogens (tertiary/aromatic N) is 3. The fourth-order valence-corrected chi connectivity index (χ4v) is 5.42. The maximum absolute atomic E-state index is 12.7. The minimum atomic E-state index is -0.0818. The number of aryl methyl sites for hydroxylation is 1. The van der Waals surface area contributed by atoms with Crippen LogP contribution in [0.4, 0.5) is 11.4 Å². The highest BCUT2D eigenvalue weighted by molar-refractivity contribution is 7.20. The van der Waals surface area contributed by atoms with Crippen molar-refractivity contribution in [2.75, 3.05) is 43.4 Å². The molecule has 34 heavy (non-hydrogen) atoms. The van der Waals surface area contributed by atoms with Gasteiger partial charge in [0.15, 0.2) is 0 Å². The average Bonchev–Trinajstić information content (AvgIpc) is 3.31. The van der Waals surface area contributed by atoms with E-state index in [1.54, 1.807) is 12.4 Å². The molecule has 1 amide bonds. The summed E-state index contributed by atoms with van der Waals surface area (Å²) in [7, 11) is 0. The molecule has 1 saturated heterocycles. The second kappa shape index (κ2) is 9.79. The first-order valence-electron chi connectivity index (χ1n) is 11.5. The Morgan fingerprint density at radius 2 is 1.97 bits per heavy atom. The van der Waals surface area contributed by atoms with Gasteiger partial charge >= 0.3 is 0 Å². The summed E-state index contributed by atoms with van der Waals surface area (Å²) >= 11 is 1.41. The van der Waals surface area contributed by atoms with Crippen molar-refractivity contribution in [1.82, 2.24) is 20.6 Å². The number of nitrogens with one attached hydrogen (secondary N) is 2. The van der Waals surface area contributed by atoms with Gasteiger partial charge in [0.1, 0.15) is 4.83 Å². The fraction of sp³-hybridized carbons (Fsp3) is 0.269. The monoisotopic (exact) mass is 472 g/mol. The van der Waals surface area contributed by atoms with Crippen LogP contribution in [-0.2, 0) is 6.42 Å². The van der Waals surface area contributed by atoms with Gasteiger partial charge < -0.3 is 21.3 Å². The van der Waals surface area contributed by atoms with Crippen LogP contribution in [0.2, 0.25) is 0 Å². The maximum atomic E-state index is 12.7. The molecule has 1 aliphatic rings. The van der Waals surface area contributed by atoms with Gasteiger partial charge in [0.05, 0.1) is 10.6 Å². The third-order valence-corrected chi connectivity index (χ3v) is 7.29. The topological polar surface area (TPSA) is 96.2 Å². The lowest BCUT2D eigenvalue weighted by Gasteiger charge is -2.32. The van der Waals surface area contributed by atoms with Crippen LogP contribution in [0.1, 0.15) is 20.8 Å². The van der Waals surface area contributed by atoms with Crippen molar-refractivity contribution >= 4 is 38.8 Å². The fourth-order valence-electron chi connectivity index (χ4n) is 4.51.